The van der Waals surface area contributed by atoms with E-state index < -0.39 is 0 Å². The van der Waals surface area contributed by atoms with Crippen LogP contribution in [0.4, 0.5) is 0 Å². The van der Waals surface area contributed by atoms with Crippen molar-refractivity contribution in [1.82, 2.24) is 9.47 Å². The summed E-state index contributed by atoms with van der Waals surface area (Å²) in [5.74, 6) is 0.745. The summed E-state index contributed by atoms with van der Waals surface area (Å²) in [6, 6.07) is 5.30. The zero-order chi connectivity index (χ0) is 14.6. The summed E-state index contributed by atoms with van der Waals surface area (Å²) >= 11 is 0. The number of nitrogens with two attached hydrogens (primary N) is 1. The summed E-state index contributed by atoms with van der Waals surface area (Å²) in [5.41, 5.74) is 6.28. The number of hydrogen-bond donors (Lipinski definition) is 1. The van der Waals surface area contributed by atoms with Gasteiger partial charge in [0.15, 0.2) is 0 Å². The molecular formula is C16H27N3O. The lowest BCUT2D eigenvalue weighted by molar-refractivity contribution is 0.0586. The molecular weight excluding hydrogens is 250 g/mol. The second kappa shape index (κ2) is 6.55. The molecule has 2 N–H and O–H groups in total. The average molecular weight is 277 g/mol. The van der Waals surface area contributed by atoms with Gasteiger partial charge in [-0.3, -0.25) is 9.69 Å². The molecule has 0 spiro atoms. The van der Waals surface area contributed by atoms with Gasteiger partial charge in [-0.25, -0.2) is 0 Å². The molecule has 1 aliphatic rings. The van der Waals surface area contributed by atoms with E-state index in [2.05, 4.69) is 18.9 Å². The van der Waals surface area contributed by atoms with E-state index in [4.69, 9.17) is 5.73 Å². The standard InChI is InChI=1S/C16H27N3O/c1-14-6-5-8-16(12-14,13-17)18(2)10-11-19-9-4-3-7-15(19)20/h3-4,7,9,14H,5-6,8,10-13,17H2,1-2H3. The van der Waals surface area contributed by atoms with E-state index in [-0.39, 0.29) is 11.1 Å². The first-order valence-electron chi connectivity index (χ1n) is 7.64. The van der Waals surface area contributed by atoms with Gasteiger partial charge < -0.3 is 10.3 Å². The number of aromatic nitrogens is 1. The number of rotatable bonds is 5. The molecule has 2 unspecified atom stereocenters. The van der Waals surface area contributed by atoms with Crippen LogP contribution in [0.3, 0.4) is 0 Å². The van der Waals surface area contributed by atoms with Crippen molar-refractivity contribution in [3.05, 3.63) is 34.7 Å². The van der Waals surface area contributed by atoms with Crippen molar-refractivity contribution in [2.45, 2.75) is 44.7 Å². The molecule has 0 radical (unpaired) electrons. The molecule has 0 saturated heterocycles. The number of likely N-dealkylation sites (N-methyl/N-ethyl adjacent to an activating group) is 1. The Bertz CT molecular complexity index is 485. The number of hydrogen-bond acceptors (Lipinski definition) is 3. The van der Waals surface area contributed by atoms with E-state index in [0.29, 0.717) is 6.54 Å². The van der Waals surface area contributed by atoms with E-state index >= 15 is 0 Å². The van der Waals surface area contributed by atoms with Crippen LogP contribution in [0, 0.1) is 5.92 Å². The minimum Gasteiger partial charge on any atom is -0.329 e. The molecule has 0 bridgehead atoms. The summed E-state index contributed by atoms with van der Waals surface area (Å²) in [6.07, 6.45) is 6.77. The van der Waals surface area contributed by atoms with Gasteiger partial charge in [0.25, 0.3) is 5.56 Å². The Morgan fingerprint density at radius 1 is 1.50 bits per heavy atom. The Morgan fingerprint density at radius 3 is 2.95 bits per heavy atom. The third-order valence-electron chi connectivity index (χ3n) is 4.83. The van der Waals surface area contributed by atoms with Crippen molar-refractivity contribution < 1.29 is 0 Å². The number of pyridine rings is 1. The predicted octanol–water partition coefficient (Wildman–Crippen LogP) is 1.69. The summed E-state index contributed by atoms with van der Waals surface area (Å²) < 4.78 is 1.77. The second-order valence-corrected chi connectivity index (χ2v) is 6.28. The molecule has 1 aromatic rings. The van der Waals surface area contributed by atoms with Crippen LogP contribution >= 0.6 is 0 Å². The van der Waals surface area contributed by atoms with Crippen LogP contribution in [0.2, 0.25) is 0 Å². The summed E-state index contributed by atoms with van der Waals surface area (Å²) in [4.78, 5) is 14.1. The molecule has 1 aromatic heterocycles. The van der Waals surface area contributed by atoms with Gasteiger partial charge in [0.1, 0.15) is 0 Å². The van der Waals surface area contributed by atoms with Crippen molar-refractivity contribution in [2.75, 3.05) is 20.1 Å². The Labute approximate surface area is 121 Å². The highest BCUT2D eigenvalue weighted by atomic mass is 16.1. The number of nitrogens with zero attached hydrogens (tertiary/aromatic N) is 2. The first-order valence-corrected chi connectivity index (χ1v) is 7.64. The van der Waals surface area contributed by atoms with E-state index in [1.165, 1.54) is 25.7 Å². The molecule has 2 atom stereocenters. The molecule has 1 fully saturated rings. The molecule has 0 aliphatic heterocycles. The van der Waals surface area contributed by atoms with Crippen molar-refractivity contribution in [3.63, 3.8) is 0 Å². The third kappa shape index (κ3) is 3.30. The highest BCUT2D eigenvalue weighted by Crippen LogP contribution is 2.35. The molecule has 2 rings (SSSR count). The van der Waals surface area contributed by atoms with Gasteiger partial charge in [-0.2, -0.15) is 0 Å². The van der Waals surface area contributed by atoms with Crippen molar-refractivity contribution in [2.24, 2.45) is 11.7 Å². The summed E-state index contributed by atoms with van der Waals surface area (Å²) in [6.45, 7) is 4.62. The van der Waals surface area contributed by atoms with Crippen LogP contribution < -0.4 is 11.3 Å². The molecule has 0 amide bonds. The van der Waals surface area contributed by atoms with Crippen LogP contribution in [0.15, 0.2) is 29.2 Å². The highest BCUT2D eigenvalue weighted by molar-refractivity contribution is 4.96. The third-order valence-corrected chi connectivity index (χ3v) is 4.83. The largest absolute Gasteiger partial charge is 0.329 e. The van der Waals surface area contributed by atoms with Gasteiger partial charge in [0.05, 0.1) is 0 Å². The highest BCUT2D eigenvalue weighted by Gasteiger charge is 2.36. The van der Waals surface area contributed by atoms with Gasteiger partial charge in [0, 0.05) is 37.4 Å². The van der Waals surface area contributed by atoms with Crippen molar-refractivity contribution >= 4 is 0 Å². The first kappa shape index (κ1) is 15.3. The fourth-order valence-corrected chi connectivity index (χ4v) is 3.46. The Balaban J connectivity index is 2.01. The normalized spacial score (nSPS) is 26.9. The van der Waals surface area contributed by atoms with Gasteiger partial charge >= 0.3 is 0 Å². The molecule has 4 nitrogen and oxygen atoms in total. The minimum atomic E-state index is 0.0692. The second-order valence-electron chi connectivity index (χ2n) is 6.28. The molecule has 112 valence electrons. The topological polar surface area (TPSA) is 51.3 Å². The van der Waals surface area contributed by atoms with Gasteiger partial charge in [-0.15, -0.1) is 0 Å². The molecule has 1 saturated carbocycles. The lowest BCUT2D eigenvalue weighted by Crippen LogP contribution is -2.55. The average Bonchev–Trinajstić information content (AvgIpc) is 2.46. The van der Waals surface area contributed by atoms with E-state index in [1.54, 1.807) is 16.7 Å². The van der Waals surface area contributed by atoms with Crippen LogP contribution in [0.1, 0.15) is 32.6 Å². The van der Waals surface area contributed by atoms with Gasteiger partial charge in [0.2, 0.25) is 0 Å². The molecule has 20 heavy (non-hydrogen) atoms. The molecule has 4 heteroatoms. The maximum absolute atomic E-state index is 11.7. The fraction of sp³-hybridized carbons (Fsp3) is 0.688. The van der Waals surface area contributed by atoms with Crippen LogP contribution in [-0.4, -0.2) is 35.1 Å². The zero-order valence-electron chi connectivity index (χ0n) is 12.7. The maximum atomic E-state index is 11.7. The summed E-state index contributed by atoms with van der Waals surface area (Å²) in [7, 11) is 2.15. The Morgan fingerprint density at radius 2 is 2.30 bits per heavy atom. The van der Waals surface area contributed by atoms with Crippen LogP contribution in [0.5, 0.6) is 0 Å². The fourth-order valence-electron chi connectivity index (χ4n) is 3.46. The molecule has 1 aliphatic carbocycles. The van der Waals surface area contributed by atoms with Gasteiger partial charge in [-0.05, 0) is 31.9 Å². The monoisotopic (exact) mass is 277 g/mol. The van der Waals surface area contributed by atoms with Crippen LogP contribution in [-0.2, 0) is 6.54 Å². The summed E-state index contributed by atoms with van der Waals surface area (Å²) in [5, 5.41) is 0. The predicted molar refractivity (Wildman–Crippen MR) is 82.7 cm³/mol. The Kier molecular flexibility index (Phi) is 5.00. The van der Waals surface area contributed by atoms with E-state index in [1.807, 2.05) is 12.3 Å². The maximum Gasteiger partial charge on any atom is 0.250 e. The molecule has 0 aromatic carbocycles. The van der Waals surface area contributed by atoms with Crippen molar-refractivity contribution in [1.29, 1.82) is 0 Å². The molecule has 1 heterocycles. The smallest absolute Gasteiger partial charge is 0.250 e. The van der Waals surface area contributed by atoms with E-state index in [0.717, 1.165) is 19.0 Å². The zero-order valence-corrected chi connectivity index (χ0v) is 12.7. The lowest BCUT2D eigenvalue weighted by Gasteiger charge is -2.46. The van der Waals surface area contributed by atoms with Gasteiger partial charge in [-0.1, -0.05) is 25.8 Å². The first-order chi connectivity index (χ1) is 9.57. The van der Waals surface area contributed by atoms with Crippen LogP contribution in [0.25, 0.3) is 0 Å². The van der Waals surface area contributed by atoms with Crippen molar-refractivity contribution in [3.8, 4) is 0 Å². The SMILES string of the molecule is CC1CCCC(CN)(N(C)CCn2ccccc2=O)C1. The van der Waals surface area contributed by atoms with E-state index in [9.17, 15) is 4.79 Å². The minimum absolute atomic E-state index is 0.0692. The Hall–Kier alpha value is -1.13. The quantitative estimate of drug-likeness (QED) is 0.891. The lowest BCUT2D eigenvalue weighted by atomic mass is 9.75.